The minimum atomic E-state index is -0.264. The van der Waals surface area contributed by atoms with E-state index in [4.69, 9.17) is 4.52 Å². The first kappa shape index (κ1) is 22.3. The van der Waals surface area contributed by atoms with Crippen LogP contribution in [0.3, 0.4) is 0 Å². The summed E-state index contributed by atoms with van der Waals surface area (Å²) < 4.78 is 5.47. The van der Waals surface area contributed by atoms with E-state index in [9.17, 15) is 9.59 Å². The number of hydrogen-bond donors (Lipinski definition) is 1. The quantitative estimate of drug-likeness (QED) is 0.430. The van der Waals surface area contributed by atoms with Gasteiger partial charge in [-0.2, -0.15) is 0 Å². The summed E-state index contributed by atoms with van der Waals surface area (Å²) in [4.78, 5) is 35.4. The smallest absolute Gasteiger partial charge is 0.259 e. The molecule has 8 heteroatoms. The van der Waals surface area contributed by atoms with Crippen molar-refractivity contribution in [2.75, 3.05) is 18.4 Å². The van der Waals surface area contributed by atoms with Crippen molar-refractivity contribution in [2.24, 2.45) is 5.92 Å². The molecule has 0 radical (unpaired) electrons. The molecule has 1 aromatic carbocycles. The van der Waals surface area contributed by atoms with Crippen molar-refractivity contribution in [3.05, 3.63) is 63.5 Å². The summed E-state index contributed by atoms with van der Waals surface area (Å²) in [5, 5.41) is 7.67. The molecule has 0 spiro atoms. The van der Waals surface area contributed by atoms with Crippen molar-refractivity contribution in [3.8, 4) is 11.3 Å². The molecule has 1 unspecified atom stereocenters. The average Bonchev–Trinajstić information content (AvgIpc) is 3.39. The van der Waals surface area contributed by atoms with Crippen LogP contribution in [0.2, 0.25) is 0 Å². The fourth-order valence-electron chi connectivity index (χ4n) is 4.60. The second-order valence-corrected chi connectivity index (χ2v) is 10.2. The minimum Gasteiger partial charge on any atom is -0.338 e. The zero-order valence-electron chi connectivity index (χ0n) is 19.4. The maximum absolute atomic E-state index is 13.8. The highest BCUT2D eigenvalue weighted by molar-refractivity contribution is 7.12. The number of aryl methyl sites for hydroxylation is 3. The number of nitrogens with zero attached hydrogens (tertiary/aromatic N) is 3. The van der Waals surface area contributed by atoms with Crippen molar-refractivity contribution >= 4 is 39.9 Å². The summed E-state index contributed by atoms with van der Waals surface area (Å²) in [6.07, 6.45) is 1.52. The second-order valence-electron chi connectivity index (χ2n) is 8.78. The number of nitrogens with one attached hydrogen (secondary N) is 1. The molecule has 34 heavy (non-hydrogen) atoms. The van der Waals surface area contributed by atoms with Gasteiger partial charge in [0.25, 0.3) is 11.6 Å². The van der Waals surface area contributed by atoms with E-state index in [0.717, 1.165) is 29.0 Å². The summed E-state index contributed by atoms with van der Waals surface area (Å²) in [5.74, 6) is -0.448. The van der Waals surface area contributed by atoms with Crippen molar-refractivity contribution in [1.82, 2.24) is 15.0 Å². The summed E-state index contributed by atoms with van der Waals surface area (Å²) >= 11 is 1.70. The predicted octanol–water partition coefficient (Wildman–Crippen LogP) is 5.37. The van der Waals surface area contributed by atoms with Gasteiger partial charge in [0.1, 0.15) is 0 Å². The molecule has 2 amide bonds. The number of fused-ring (bicyclic) bond motifs is 1. The van der Waals surface area contributed by atoms with Crippen LogP contribution in [-0.2, 0) is 4.79 Å². The molecule has 1 saturated heterocycles. The molecule has 1 aliphatic heterocycles. The summed E-state index contributed by atoms with van der Waals surface area (Å²) in [6.45, 7) is 6.90. The summed E-state index contributed by atoms with van der Waals surface area (Å²) in [7, 11) is 0. The molecule has 4 aromatic rings. The Kier molecular flexibility index (Phi) is 5.91. The maximum atomic E-state index is 13.8. The van der Waals surface area contributed by atoms with Crippen LogP contribution in [0.25, 0.3) is 22.4 Å². The number of rotatable bonds is 4. The van der Waals surface area contributed by atoms with Crippen LogP contribution >= 0.6 is 11.3 Å². The SMILES string of the molecule is Cc1cc(-c2cc(C(=O)N3CCCC(C(=O)Nc4ccccc4)C3)c3c(C)noc3n2)c(C)s1. The lowest BCUT2D eigenvalue weighted by Crippen LogP contribution is -2.43. The van der Waals surface area contributed by atoms with Crippen LogP contribution in [0.4, 0.5) is 5.69 Å². The number of amides is 2. The zero-order chi connectivity index (χ0) is 23.8. The second kappa shape index (κ2) is 9.02. The highest BCUT2D eigenvalue weighted by atomic mass is 32.1. The van der Waals surface area contributed by atoms with Gasteiger partial charge >= 0.3 is 0 Å². The Morgan fingerprint density at radius 1 is 1.15 bits per heavy atom. The Labute approximate surface area is 201 Å². The topological polar surface area (TPSA) is 88.3 Å². The van der Waals surface area contributed by atoms with Gasteiger partial charge in [-0.15, -0.1) is 11.3 Å². The summed E-state index contributed by atoms with van der Waals surface area (Å²) in [5.41, 5.74) is 3.96. The first-order valence-corrected chi connectivity index (χ1v) is 12.2. The summed E-state index contributed by atoms with van der Waals surface area (Å²) in [6, 6.07) is 13.3. The van der Waals surface area contributed by atoms with Crippen LogP contribution < -0.4 is 5.32 Å². The zero-order valence-corrected chi connectivity index (χ0v) is 20.2. The Morgan fingerprint density at radius 2 is 1.94 bits per heavy atom. The highest BCUT2D eigenvalue weighted by Gasteiger charge is 2.31. The van der Waals surface area contributed by atoms with Crippen LogP contribution in [-0.4, -0.2) is 39.9 Å². The van der Waals surface area contributed by atoms with Crippen molar-refractivity contribution in [1.29, 1.82) is 0 Å². The van der Waals surface area contributed by atoms with E-state index in [-0.39, 0.29) is 17.7 Å². The standard InChI is InChI=1S/C26H26N4O3S/c1-15-12-20(17(3)34-15)22-13-21(23-16(2)29-33-25(23)28-22)26(32)30-11-7-8-18(14-30)24(31)27-19-9-5-4-6-10-19/h4-6,9-10,12-13,18H,7-8,11,14H2,1-3H3,(H,27,31). The maximum Gasteiger partial charge on any atom is 0.259 e. The van der Waals surface area contributed by atoms with Gasteiger partial charge in [0.05, 0.1) is 28.3 Å². The fourth-order valence-corrected chi connectivity index (χ4v) is 5.53. The number of thiophene rings is 1. The molecule has 1 atom stereocenters. The molecule has 1 aliphatic rings. The first-order valence-electron chi connectivity index (χ1n) is 11.4. The Bertz CT molecular complexity index is 1380. The molecule has 174 valence electrons. The third-order valence-corrected chi connectivity index (χ3v) is 7.25. The van der Waals surface area contributed by atoms with E-state index < -0.39 is 0 Å². The number of piperidine rings is 1. The lowest BCUT2D eigenvalue weighted by atomic mass is 9.95. The van der Waals surface area contributed by atoms with E-state index in [0.29, 0.717) is 41.1 Å². The van der Waals surface area contributed by atoms with Gasteiger partial charge in [-0.05, 0) is 57.9 Å². The molecule has 0 bridgehead atoms. The minimum absolute atomic E-state index is 0.0604. The molecule has 3 aromatic heterocycles. The highest BCUT2D eigenvalue weighted by Crippen LogP contribution is 2.33. The first-order chi connectivity index (χ1) is 16.4. The number of anilines is 1. The Hall–Kier alpha value is -3.52. The number of hydrogen-bond acceptors (Lipinski definition) is 6. The van der Waals surface area contributed by atoms with E-state index >= 15 is 0 Å². The van der Waals surface area contributed by atoms with Crippen molar-refractivity contribution < 1.29 is 14.1 Å². The third kappa shape index (κ3) is 4.21. The number of likely N-dealkylation sites (tertiary alicyclic amines) is 1. The third-order valence-electron chi connectivity index (χ3n) is 6.29. The monoisotopic (exact) mass is 474 g/mol. The Balaban J connectivity index is 1.45. The lowest BCUT2D eigenvalue weighted by molar-refractivity contribution is -0.121. The van der Waals surface area contributed by atoms with Crippen LogP contribution in [0.15, 0.2) is 47.0 Å². The van der Waals surface area contributed by atoms with E-state index in [1.54, 1.807) is 16.2 Å². The molecule has 0 saturated carbocycles. The number of aromatic nitrogens is 2. The number of pyridine rings is 1. The molecular formula is C26H26N4O3S. The van der Waals surface area contributed by atoms with Gasteiger partial charge in [-0.3, -0.25) is 9.59 Å². The van der Waals surface area contributed by atoms with Crippen LogP contribution in [0, 0.1) is 26.7 Å². The van der Waals surface area contributed by atoms with Crippen LogP contribution in [0.5, 0.6) is 0 Å². The average molecular weight is 475 g/mol. The molecular weight excluding hydrogens is 448 g/mol. The van der Waals surface area contributed by atoms with Gasteiger partial charge in [0, 0.05) is 34.1 Å². The molecule has 1 fully saturated rings. The van der Waals surface area contributed by atoms with Gasteiger partial charge < -0.3 is 14.7 Å². The molecule has 7 nitrogen and oxygen atoms in total. The number of benzene rings is 1. The Morgan fingerprint density at radius 3 is 2.68 bits per heavy atom. The number of carbonyl (C=O) groups excluding carboxylic acids is 2. The number of para-hydroxylation sites is 1. The van der Waals surface area contributed by atoms with Gasteiger partial charge in [-0.25, -0.2) is 4.98 Å². The van der Waals surface area contributed by atoms with Gasteiger partial charge in [0.2, 0.25) is 5.91 Å². The van der Waals surface area contributed by atoms with Gasteiger partial charge in [-0.1, -0.05) is 23.4 Å². The van der Waals surface area contributed by atoms with Crippen LogP contribution in [0.1, 0.15) is 38.6 Å². The number of carbonyl (C=O) groups is 2. The largest absolute Gasteiger partial charge is 0.338 e. The molecule has 4 heterocycles. The molecule has 5 rings (SSSR count). The van der Waals surface area contributed by atoms with Crippen molar-refractivity contribution in [3.63, 3.8) is 0 Å². The molecule has 0 aliphatic carbocycles. The predicted molar refractivity (Wildman–Crippen MR) is 133 cm³/mol. The van der Waals surface area contributed by atoms with E-state index in [1.165, 1.54) is 4.88 Å². The van der Waals surface area contributed by atoms with Gasteiger partial charge in [0.15, 0.2) is 0 Å². The lowest BCUT2D eigenvalue weighted by Gasteiger charge is -2.32. The van der Waals surface area contributed by atoms with E-state index in [1.807, 2.05) is 50.2 Å². The van der Waals surface area contributed by atoms with E-state index in [2.05, 4.69) is 28.4 Å². The molecule has 1 N–H and O–H groups in total. The fraction of sp³-hybridized carbons (Fsp3) is 0.308. The van der Waals surface area contributed by atoms with Crippen molar-refractivity contribution in [2.45, 2.75) is 33.6 Å². The normalized spacial score (nSPS) is 16.1.